The first-order chi connectivity index (χ1) is 6.28. The highest BCUT2D eigenvalue weighted by Crippen LogP contribution is 2.47. The Kier molecular flexibility index (Phi) is 2.43. The first kappa shape index (κ1) is 10.8. The summed E-state index contributed by atoms with van der Waals surface area (Å²) < 4.78 is 85.0. The van der Waals surface area contributed by atoms with Gasteiger partial charge in [-0.15, -0.1) is 0 Å². The second kappa shape index (κ2) is 3.14. The monoisotopic (exact) mass is 218 g/mol. The smallest absolute Gasteiger partial charge is 0.203 e. The van der Waals surface area contributed by atoms with E-state index >= 15 is 0 Å². The summed E-state index contributed by atoms with van der Waals surface area (Å²) >= 11 is 0. The van der Waals surface area contributed by atoms with E-state index in [-0.39, 0.29) is 0 Å². The zero-order valence-electron chi connectivity index (χ0n) is 6.22. The van der Waals surface area contributed by atoms with Crippen LogP contribution in [0.25, 0.3) is 0 Å². The van der Waals surface area contributed by atoms with Crippen molar-refractivity contribution in [1.29, 1.82) is 0 Å². The van der Waals surface area contributed by atoms with Gasteiger partial charge in [0.05, 0.1) is 5.57 Å². The predicted molar refractivity (Wildman–Crippen MR) is 32.6 cm³/mol. The molecule has 1 rings (SSSR count). The molecule has 0 fully saturated rings. The topological polar surface area (TPSA) is 0 Å². The molecule has 78 valence electrons. The molecule has 0 bridgehead atoms. The molecule has 0 aliphatic heterocycles. The molecule has 0 aromatic heterocycles. The molecular weight excluding hydrogens is 217 g/mol. The molecular formula is C7HF7. The summed E-state index contributed by atoms with van der Waals surface area (Å²) in [7, 11) is 0. The Morgan fingerprint density at radius 2 is 1.50 bits per heavy atom. The number of alkyl halides is 2. The summed E-state index contributed by atoms with van der Waals surface area (Å²) in [6.07, 6.45) is -3.28. The van der Waals surface area contributed by atoms with Gasteiger partial charge in [-0.1, -0.05) is 0 Å². The molecule has 0 aromatic carbocycles. The van der Waals surface area contributed by atoms with Crippen LogP contribution in [0.2, 0.25) is 0 Å². The molecule has 0 radical (unpaired) electrons. The van der Waals surface area contributed by atoms with E-state index in [9.17, 15) is 30.7 Å². The summed E-state index contributed by atoms with van der Waals surface area (Å²) in [4.78, 5) is 0. The maximum absolute atomic E-state index is 12.5. The van der Waals surface area contributed by atoms with Crippen LogP contribution in [0.4, 0.5) is 30.7 Å². The van der Waals surface area contributed by atoms with Gasteiger partial charge in [-0.3, -0.25) is 0 Å². The van der Waals surface area contributed by atoms with Gasteiger partial charge >= 0.3 is 5.92 Å². The fraction of sp³-hybridized carbons (Fsp3) is 0.143. The summed E-state index contributed by atoms with van der Waals surface area (Å²) in [5.41, 5.74) is -2.01. The third-order valence-corrected chi connectivity index (χ3v) is 1.49. The molecule has 1 aliphatic rings. The Morgan fingerprint density at radius 1 is 1.00 bits per heavy atom. The van der Waals surface area contributed by atoms with Crippen molar-refractivity contribution >= 4 is 0 Å². The first-order valence-electron chi connectivity index (χ1n) is 3.15. The fourth-order valence-electron chi connectivity index (χ4n) is 0.872. The van der Waals surface area contributed by atoms with Crippen LogP contribution in [0.5, 0.6) is 0 Å². The van der Waals surface area contributed by atoms with Crippen molar-refractivity contribution in [3.8, 4) is 0 Å². The number of hydrogen-bond acceptors (Lipinski definition) is 0. The van der Waals surface area contributed by atoms with Crippen molar-refractivity contribution in [3.63, 3.8) is 0 Å². The molecule has 0 saturated heterocycles. The summed E-state index contributed by atoms with van der Waals surface area (Å²) in [6, 6.07) is 0. The van der Waals surface area contributed by atoms with E-state index in [1.807, 2.05) is 0 Å². The summed E-state index contributed by atoms with van der Waals surface area (Å²) in [5, 5.41) is 0. The number of allylic oxidation sites excluding steroid dienone is 5. The first-order valence-corrected chi connectivity index (χ1v) is 3.15. The molecule has 1 aliphatic carbocycles. The normalized spacial score (nSPS) is 20.5. The van der Waals surface area contributed by atoms with Crippen LogP contribution in [0.3, 0.4) is 0 Å². The number of halogens is 7. The minimum atomic E-state index is -4.67. The molecule has 0 N–H and O–H groups in total. The van der Waals surface area contributed by atoms with E-state index in [1.54, 1.807) is 0 Å². The minimum absolute atomic E-state index is 0.610. The van der Waals surface area contributed by atoms with Crippen molar-refractivity contribution in [2.75, 3.05) is 0 Å². The highest BCUT2D eigenvalue weighted by atomic mass is 19.3. The Bertz CT molecular complexity index is 356. The van der Waals surface area contributed by atoms with Crippen LogP contribution < -0.4 is 0 Å². The zero-order chi connectivity index (χ0) is 11.1. The van der Waals surface area contributed by atoms with E-state index in [0.29, 0.717) is 0 Å². The summed E-state index contributed by atoms with van der Waals surface area (Å²) in [5.74, 6) is -12.1. The molecule has 0 aromatic rings. The SMILES string of the molecule is FC(F)=CC1=C(F)C(F)=C(F)C1(F)F. The van der Waals surface area contributed by atoms with Gasteiger partial charge in [-0.2, -0.15) is 17.6 Å². The number of hydrogen-bond donors (Lipinski definition) is 0. The molecule has 0 unspecified atom stereocenters. The molecule has 14 heavy (non-hydrogen) atoms. The zero-order valence-corrected chi connectivity index (χ0v) is 6.22. The average Bonchev–Trinajstić information content (AvgIpc) is 2.20. The van der Waals surface area contributed by atoms with Gasteiger partial charge < -0.3 is 0 Å². The average molecular weight is 218 g/mol. The van der Waals surface area contributed by atoms with Gasteiger partial charge in [0.2, 0.25) is 5.83 Å². The molecule has 0 heterocycles. The van der Waals surface area contributed by atoms with Gasteiger partial charge in [0.25, 0.3) is 6.08 Å². The van der Waals surface area contributed by atoms with Gasteiger partial charge in [0, 0.05) is 6.08 Å². The molecule has 0 saturated carbocycles. The van der Waals surface area contributed by atoms with Crippen molar-refractivity contribution in [3.05, 3.63) is 35.2 Å². The van der Waals surface area contributed by atoms with Crippen molar-refractivity contribution in [1.82, 2.24) is 0 Å². The van der Waals surface area contributed by atoms with Gasteiger partial charge in [0.1, 0.15) is 0 Å². The highest BCUT2D eigenvalue weighted by molar-refractivity contribution is 5.50. The largest absolute Gasteiger partial charge is 0.330 e. The lowest BCUT2D eigenvalue weighted by atomic mass is 10.1. The van der Waals surface area contributed by atoms with Crippen LogP contribution in [0.15, 0.2) is 35.2 Å². The standard InChI is InChI=1S/C7HF7/c8-3(9)1-2-4(10)5(11)6(12)7(2,13)14/h1H. The lowest BCUT2D eigenvalue weighted by Crippen LogP contribution is -2.16. The summed E-state index contributed by atoms with van der Waals surface area (Å²) in [6.45, 7) is 0. The van der Waals surface area contributed by atoms with E-state index in [0.717, 1.165) is 0 Å². The predicted octanol–water partition coefficient (Wildman–Crippen LogP) is 3.79. The Hall–Kier alpha value is -1.27. The van der Waals surface area contributed by atoms with Crippen molar-refractivity contribution in [2.45, 2.75) is 5.92 Å². The van der Waals surface area contributed by atoms with Crippen molar-refractivity contribution in [2.24, 2.45) is 0 Å². The Labute approximate surface area is 73.0 Å². The quantitative estimate of drug-likeness (QED) is 0.587. The second-order valence-electron chi connectivity index (χ2n) is 2.36. The molecule has 0 nitrogen and oxygen atoms in total. The van der Waals surface area contributed by atoms with E-state index in [2.05, 4.69) is 0 Å². The lowest BCUT2D eigenvalue weighted by molar-refractivity contribution is 0.0620. The Balaban J connectivity index is 3.29. The number of rotatable bonds is 1. The second-order valence-corrected chi connectivity index (χ2v) is 2.36. The van der Waals surface area contributed by atoms with Crippen LogP contribution in [-0.2, 0) is 0 Å². The van der Waals surface area contributed by atoms with Crippen molar-refractivity contribution < 1.29 is 30.7 Å². The molecule has 0 spiro atoms. The fourth-order valence-corrected chi connectivity index (χ4v) is 0.872. The minimum Gasteiger partial charge on any atom is -0.203 e. The maximum atomic E-state index is 12.5. The third-order valence-electron chi connectivity index (χ3n) is 1.49. The molecule has 0 amide bonds. The van der Waals surface area contributed by atoms with Crippen LogP contribution in [-0.4, -0.2) is 5.92 Å². The molecule has 0 atom stereocenters. The van der Waals surface area contributed by atoms with Gasteiger partial charge in [-0.25, -0.2) is 13.2 Å². The van der Waals surface area contributed by atoms with E-state index < -0.39 is 41.1 Å². The maximum Gasteiger partial charge on any atom is 0.330 e. The Morgan fingerprint density at radius 3 is 1.79 bits per heavy atom. The van der Waals surface area contributed by atoms with Crippen LogP contribution >= 0.6 is 0 Å². The van der Waals surface area contributed by atoms with Gasteiger partial charge in [-0.05, 0) is 0 Å². The van der Waals surface area contributed by atoms with Crippen LogP contribution in [0, 0.1) is 0 Å². The van der Waals surface area contributed by atoms with Gasteiger partial charge in [0.15, 0.2) is 11.7 Å². The van der Waals surface area contributed by atoms with Crippen LogP contribution in [0.1, 0.15) is 0 Å². The third kappa shape index (κ3) is 1.42. The van der Waals surface area contributed by atoms with E-state index in [4.69, 9.17) is 0 Å². The van der Waals surface area contributed by atoms with E-state index in [1.165, 1.54) is 0 Å². The lowest BCUT2D eigenvalue weighted by Gasteiger charge is -2.08. The highest BCUT2D eigenvalue weighted by Gasteiger charge is 2.50. The molecule has 7 heteroatoms.